The van der Waals surface area contributed by atoms with E-state index < -0.39 is 6.61 Å². The highest BCUT2D eigenvalue weighted by Gasteiger charge is 2.31. The minimum atomic E-state index is -2.86. The van der Waals surface area contributed by atoms with Gasteiger partial charge in [-0.25, -0.2) is 0 Å². The van der Waals surface area contributed by atoms with E-state index in [-0.39, 0.29) is 16.7 Å². The first kappa shape index (κ1) is 14.4. The van der Waals surface area contributed by atoms with Crippen molar-refractivity contribution in [2.24, 2.45) is 0 Å². The van der Waals surface area contributed by atoms with Crippen molar-refractivity contribution in [3.63, 3.8) is 0 Å². The number of rotatable bonds is 4. The monoisotopic (exact) mass is 289 g/mol. The normalized spacial score (nSPS) is 21.7. The van der Waals surface area contributed by atoms with E-state index >= 15 is 0 Å². The summed E-state index contributed by atoms with van der Waals surface area (Å²) in [5.41, 5.74) is 0.950. The fraction of sp³-hybridized carbons (Fsp3) is 0.538. The summed E-state index contributed by atoms with van der Waals surface area (Å²) < 4.78 is 34.3. The van der Waals surface area contributed by atoms with E-state index in [0.717, 1.165) is 11.3 Å². The van der Waals surface area contributed by atoms with E-state index in [2.05, 4.69) is 23.9 Å². The Hall–Kier alpha value is -1.01. The average molecular weight is 289 g/mol. The molecule has 0 spiro atoms. The molecule has 1 aromatic rings. The highest BCUT2D eigenvalue weighted by atomic mass is 32.2. The molecule has 0 aromatic heterocycles. The summed E-state index contributed by atoms with van der Waals surface area (Å²) in [5, 5.41) is 3.53. The molecular formula is C13H17F2NO2S. The zero-order valence-electron chi connectivity index (χ0n) is 11.1. The Balaban J connectivity index is 2.23. The number of ether oxygens (including phenoxy) is 2. The van der Waals surface area contributed by atoms with Gasteiger partial charge in [0.2, 0.25) is 0 Å². The molecule has 2 rings (SSSR count). The lowest BCUT2D eigenvalue weighted by Gasteiger charge is -2.20. The highest BCUT2D eigenvalue weighted by molar-refractivity contribution is 7.99. The lowest BCUT2D eigenvalue weighted by atomic mass is 10.1. The first-order chi connectivity index (χ1) is 8.91. The number of hydrogen-bond donors (Lipinski definition) is 1. The van der Waals surface area contributed by atoms with Crippen LogP contribution in [0, 0.1) is 0 Å². The van der Waals surface area contributed by atoms with E-state index in [9.17, 15) is 8.78 Å². The Kier molecular flexibility index (Phi) is 4.20. The topological polar surface area (TPSA) is 30.5 Å². The molecule has 1 fully saturated rings. The molecule has 1 heterocycles. The van der Waals surface area contributed by atoms with Crippen molar-refractivity contribution in [2.75, 3.05) is 12.9 Å². The Morgan fingerprint density at radius 3 is 2.63 bits per heavy atom. The smallest absolute Gasteiger partial charge is 0.387 e. The Morgan fingerprint density at radius 1 is 1.37 bits per heavy atom. The van der Waals surface area contributed by atoms with E-state index in [1.807, 2.05) is 6.07 Å². The van der Waals surface area contributed by atoms with Crippen molar-refractivity contribution in [1.82, 2.24) is 5.32 Å². The maximum atomic E-state index is 12.4. The van der Waals surface area contributed by atoms with Crippen LogP contribution in [0.15, 0.2) is 18.2 Å². The maximum absolute atomic E-state index is 12.4. The van der Waals surface area contributed by atoms with E-state index in [4.69, 9.17) is 4.74 Å². The second kappa shape index (κ2) is 5.54. The van der Waals surface area contributed by atoms with Gasteiger partial charge in [0, 0.05) is 11.3 Å². The number of hydrogen-bond acceptors (Lipinski definition) is 4. The molecule has 1 aliphatic rings. The van der Waals surface area contributed by atoms with Crippen LogP contribution in [0.2, 0.25) is 0 Å². The largest absolute Gasteiger partial charge is 0.493 e. The third-order valence-corrected chi connectivity index (χ3v) is 4.45. The molecule has 1 aromatic carbocycles. The van der Waals surface area contributed by atoms with Gasteiger partial charge in [-0.05, 0) is 31.5 Å². The molecule has 1 unspecified atom stereocenters. The molecule has 6 heteroatoms. The van der Waals surface area contributed by atoms with Gasteiger partial charge in [-0.3, -0.25) is 5.32 Å². The molecule has 3 nitrogen and oxygen atoms in total. The summed E-state index contributed by atoms with van der Waals surface area (Å²) >= 11 is 1.75. The van der Waals surface area contributed by atoms with Crippen LogP contribution in [0.3, 0.4) is 0 Å². The predicted molar refractivity (Wildman–Crippen MR) is 72.0 cm³/mol. The van der Waals surface area contributed by atoms with E-state index in [1.165, 1.54) is 7.11 Å². The number of benzene rings is 1. The van der Waals surface area contributed by atoms with Crippen LogP contribution in [0.5, 0.6) is 11.5 Å². The van der Waals surface area contributed by atoms with Crippen LogP contribution in [0.25, 0.3) is 0 Å². The van der Waals surface area contributed by atoms with Crippen LogP contribution in [0.4, 0.5) is 8.78 Å². The Labute approximate surface area is 115 Å². The van der Waals surface area contributed by atoms with Gasteiger partial charge in [0.05, 0.1) is 12.5 Å². The molecule has 19 heavy (non-hydrogen) atoms. The number of nitrogens with one attached hydrogen (secondary N) is 1. The Bertz CT molecular complexity index is 454. The number of methoxy groups -OCH3 is 1. The molecular weight excluding hydrogens is 272 g/mol. The van der Waals surface area contributed by atoms with Gasteiger partial charge < -0.3 is 9.47 Å². The quantitative estimate of drug-likeness (QED) is 0.920. The molecule has 1 N–H and O–H groups in total. The maximum Gasteiger partial charge on any atom is 0.387 e. The van der Waals surface area contributed by atoms with Crippen molar-refractivity contribution >= 4 is 11.8 Å². The van der Waals surface area contributed by atoms with Gasteiger partial charge in [0.15, 0.2) is 11.5 Å². The van der Waals surface area contributed by atoms with Gasteiger partial charge >= 0.3 is 6.61 Å². The number of alkyl halides is 2. The van der Waals surface area contributed by atoms with Gasteiger partial charge in [0.1, 0.15) is 0 Å². The minimum absolute atomic E-state index is 0.0407. The molecule has 1 aliphatic heterocycles. The average Bonchev–Trinajstić information content (AvgIpc) is 2.69. The van der Waals surface area contributed by atoms with Gasteiger partial charge in [-0.15, -0.1) is 11.8 Å². The molecule has 1 atom stereocenters. The predicted octanol–water partition coefficient (Wildman–Crippen LogP) is 3.41. The Morgan fingerprint density at radius 2 is 2.11 bits per heavy atom. The van der Waals surface area contributed by atoms with Crippen molar-refractivity contribution in [3.8, 4) is 11.5 Å². The van der Waals surface area contributed by atoms with Crippen molar-refractivity contribution in [2.45, 2.75) is 31.4 Å². The van der Waals surface area contributed by atoms with Gasteiger partial charge in [0.25, 0.3) is 0 Å². The highest BCUT2D eigenvalue weighted by Crippen LogP contribution is 2.40. The van der Waals surface area contributed by atoms with Crippen LogP contribution in [0.1, 0.15) is 24.8 Å². The number of thioether (sulfide) groups is 1. The third-order valence-electron chi connectivity index (χ3n) is 2.84. The molecule has 0 radical (unpaired) electrons. The summed E-state index contributed by atoms with van der Waals surface area (Å²) in [5.74, 6) is 1.35. The molecule has 0 aliphatic carbocycles. The first-order valence-corrected chi connectivity index (χ1v) is 6.98. The first-order valence-electron chi connectivity index (χ1n) is 5.93. The van der Waals surface area contributed by atoms with Crippen LogP contribution in [-0.2, 0) is 0 Å². The second-order valence-electron chi connectivity index (χ2n) is 5.01. The fourth-order valence-electron chi connectivity index (χ4n) is 1.95. The second-order valence-corrected chi connectivity index (χ2v) is 6.10. The van der Waals surface area contributed by atoms with E-state index in [1.54, 1.807) is 23.9 Å². The van der Waals surface area contributed by atoms with Crippen molar-refractivity contribution in [3.05, 3.63) is 23.8 Å². The SMILES string of the molecule is COc1ccc(C2NC(C)(C)CS2)cc1OC(F)F. The lowest BCUT2D eigenvalue weighted by molar-refractivity contribution is -0.0512. The van der Waals surface area contributed by atoms with E-state index in [0.29, 0.717) is 5.75 Å². The summed E-state index contributed by atoms with van der Waals surface area (Å²) in [4.78, 5) is 0. The summed E-state index contributed by atoms with van der Waals surface area (Å²) in [7, 11) is 1.43. The minimum Gasteiger partial charge on any atom is -0.493 e. The summed E-state index contributed by atoms with van der Waals surface area (Å²) in [6, 6.07) is 5.13. The standard InChI is InChI=1S/C13H17F2NO2S/c1-13(2)7-19-11(16-13)8-4-5-9(17-3)10(6-8)18-12(14)15/h4-6,11-12,16H,7H2,1-3H3. The molecule has 106 valence electrons. The molecule has 0 amide bonds. The summed E-state index contributed by atoms with van der Waals surface area (Å²) in [6.07, 6.45) is 0. The third kappa shape index (κ3) is 3.51. The van der Waals surface area contributed by atoms with Crippen LogP contribution < -0.4 is 14.8 Å². The van der Waals surface area contributed by atoms with Gasteiger partial charge in [-0.2, -0.15) is 8.78 Å². The zero-order valence-corrected chi connectivity index (χ0v) is 11.9. The molecule has 1 saturated heterocycles. The van der Waals surface area contributed by atoms with Crippen molar-refractivity contribution < 1.29 is 18.3 Å². The zero-order chi connectivity index (χ0) is 14.0. The van der Waals surface area contributed by atoms with Gasteiger partial charge in [-0.1, -0.05) is 6.07 Å². The van der Waals surface area contributed by atoms with Crippen molar-refractivity contribution in [1.29, 1.82) is 0 Å². The van der Waals surface area contributed by atoms with Crippen LogP contribution in [-0.4, -0.2) is 25.0 Å². The molecule has 0 bridgehead atoms. The number of halogens is 2. The van der Waals surface area contributed by atoms with Crippen LogP contribution >= 0.6 is 11.8 Å². The lowest BCUT2D eigenvalue weighted by Crippen LogP contribution is -2.35. The summed E-state index contributed by atoms with van der Waals surface area (Å²) in [6.45, 7) is 1.37. The fourth-order valence-corrected chi connectivity index (χ4v) is 3.36. The molecule has 0 saturated carbocycles.